The van der Waals surface area contributed by atoms with Gasteiger partial charge in [0.25, 0.3) is 0 Å². The van der Waals surface area contributed by atoms with Gasteiger partial charge in [-0.25, -0.2) is 17.2 Å². The van der Waals surface area contributed by atoms with Crippen molar-refractivity contribution in [2.24, 2.45) is 0 Å². The molecule has 0 aliphatic heterocycles. The number of anilines is 1. The van der Waals surface area contributed by atoms with Crippen LogP contribution < -0.4 is 9.62 Å². The summed E-state index contributed by atoms with van der Waals surface area (Å²) in [5, 5.41) is 2.76. The number of para-hydroxylation sites is 1. The number of hydrogen-bond donors (Lipinski definition) is 1. The third-order valence-corrected chi connectivity index (χ3v) is 5.89. The van der Waals surface area contributed by atoms with Gasteiger partial charge in [-0.3, -0.25) is 13.9 Å². The molecular weight excluding hydrogens is 452 g/mol. The maximum atomic E-state index is 14.3. The molecule has 10 heteroatoms. The number of hydrogen-bond acceptors (Lipinski definition) is 4. The van der Waals surface area contributed by atoms with Crippen LogP contribution in [0.15, 0.2) is 48.5 Å². The van der Waals surface area contributed by atoms with Gasteiger partial charge in [-0.2, -0.15) is 0 Å². The molecule has 180 valence electrons. The Hall–Kier alpha value is -3.01. The van der Waals surface area contributed by atoms with E-state index < -0.39 is 51.6 Å². The normalized spacial score (nSPS) is 12.7. The smallest absolute Gasteiger partial charge is 0.244 e. The maximum Gasteiger partial charge on any atom is 0.244 e. The molecular formula is C23H29F2N3O4S. The van der Waals surface area contributed by atoms with Gasteiger partial charge in [-0.15, -0.1) is 0 Å². The Morgan fingerprint density at radius 1 is 1.00 bits per heavy atom. The van der Waals surface area contributed by atoms with Gasteiger partial charge in [0, 0.05) is 17.6 Å². The van der Waals surface area contributed by atoms with Crippen LogP contribution in [-0.2, 0) is 26.2 Å². The first kappa shape index (κ1) is 26.2. The van der Waals surface area contributed by atoms with Gasteiger partial charge in [0.15, 0.2) is 0 Å². The number of nitrogens with zero attached hydrogens (tertiary/aromatic N) is 2. The molecule has 1 N–H and O–H groups in total. The predicted molar refractivity (Wildman–Crippen MR) is 123 cm³/mol. The first-order chi connectivity index (χ1) is 15.2. The van der Waals surface area contributed by atoms with Crippen molar-refractivity contribution in [1.82, 2.24) is 10.2 Å². The number of nitrogens with one attached hydrogen (secondary N) is 1. The van der Waals surface area contributed by atoms with Crippen LogP contribution in [0.2, 0.25) is 0 Å². The van der Waals surface area contributed by atoms with E-state index in [0.717, 1.165) is 17.2 Å². The Morgan fingerprint density at radius 2 is 1.55 bits per heavy atom. The average molecular weight is 482 g/mol. The predicted octanol–water partition coefficient (Wildman–Crippen LogP) is 3.06. The highest BCUT2D eigenvalue weighted by Gasteiger charge is 2.32. The Morgan fingerprint density at radius 3 is 2.06 bits per heavy atom. The lowest BCUT2D eigenvalue weighted by molar-refractivity contribution is -0.140. The minimum atomic E-state index is -4.05. The van der Waals surface area contributed by atoms with Gasteiger partial charge in [0.05, 0.1) is 11.9 Å². The Bertz CT molecular complexity index is 1120. The number of sulfonamides is 1. The summed E-state index contributed by atoms with van der Waals surface area (Å²) in [5.41, 5.74) is -0.742. The van der Waals surface area contributed by atoms with E-state index >= 15 is 0 Å². The molecule has 0 aromatic heterocycles. The molecule has 0 radical (unpaired) electrons. The van der Waals surface area contributed by atoms with Crippen LogP contribution in [0.4, 0.5) is 14.5 Å². The molecule has 0 spiro atoms. The second-order valence-corrected chi connectivity index (χ2v) is 10.7. The Balaban J connectivity index is 2.43. The van der Waals surface area contributed by atoms with E-state index in [2.05, 4.69) is 5.32 Å². The van der Waals surface area contributed by atoms with Crippen LogP contribution in [0, 0.1) is 11.6 Å². The molecule has 1 unspecified atom stereocenters. The van der Waals surface area contributed by atoms with Gasteiger partial charge in [-0.1, -0.05) is 30.3 Å². The molecule has 2 amide bonds. The van der Waals surface area contributed by atoms with E-state index in [4.69, 9.17) is 0 Å². The Kier molecular flexibility index (Phi) is 8.18. The van der Waals surface area contributed by atoms with Crippen LogP contribution in [0.1, 0.15) is 33.3 Å². The number of amides is 2. The molecule has 2 aromatic rings. The number of halogens is 2. The fourth-order valence-electron chi connectivity index (χ4n) is 3.12. The molecule has 33 heavy (non-hydrogen) atoms. The summed E-state index contributed by atoms with van der Waals surface area (Å²) in [6, 6.07) is 9.86. The number of benzene rings is 2. The lowest BCUT2D eigenvalue weighted by Gasteiger charge is -2.33. The second kappa shape index (κ2) is 10.3. The van der Waals surface area contributed by atoms with Crippen molar-refractivity contribution in [1.29, 1.82) is 0 Å². The summed E-state index contributed by atoms with van der Waals surface area (Å²) in [4.78, 5) is 27.2. The topological polar surface area (TPSA) is 86.8 Å². The van der Waals surface area contributed by atoms with Crippen LogP contribution in [0.3, 0.4) is 0 Å². The van der Waals surface area contributed by atoms with Gasteiger partial charge >= 0.3 is 0 Å². The lowest BCUT2D eigenvalue weighted by Crippen LogP contribution is -2.54. The highest BCUT2D eigenvalue weighted by Crippen LogP contribution is 2.22. The number of carbonyl (C=O) groups excluding carboxylic acids is 2. The highest BCUT2D eigenvalue weighted by molar-refractivity contribution is 7.92. The molecule has 1 atom stereocenters. The summed E-state index contributed by atoms with van der Waals surface area (Å²) in [7, 11) is -4.05. The van der Waals surface area contributed by atoms with Crippen molar-refractivity contribution in [3.63, 3.8) is 0 Å². The molecule has 0 saturated carbocycles. The van der Waals surface area contributed by atoms with Crippen LogP contribution in [-0.4, -0.2) is 49.5 Å². The monoisotopic (exact) mass is 481 g/mol. The summed E-state index contributed by atoms with van der Waals surface area (Å²) in [6.45, 7) is 5.73. The summed E-state index contributed by atoms with van der Waals surface area (Å²) in [5.74, 6) is -2.69. The highest BCUT2D eigenvalue weighted by atomic mass is 32.2. The molecule has 2 aromatic carbocycles. The summed E-state index contributed by atoms with van der Waals surface area (Å²) < 4.78 is 54.1. The van der Waals surface area contributed by atoms with Gasteiger partial charge in [-0.05, 0) is 45.9 Å². The van der Waals surface area contributed by atoms with E-state index in [1.54, 1.807) is 26.8 Å². The van der Waals surface area contributed by atoms with Crippen molar-refractivity contribution in [3.8, 4) is 0 Å². The maximum absolute atomic E-state index is 14.3. The van der Waals surface area contributed by atoms with E-state index in [9.17, 15) is 26.8 Å². The van der Waals surface area contributed by atoms with Crippen molar-refractivity contribution < 1.29 is 26.8 Å². The van der Waals surface area contributed by atoms with Crippen LogP contribution in [0.25, 0.3) is 0 Å². The Labute approximate surface area is 193 Å². The van der Waals surface area contributed by atoms with E-state index in [0.29, 0.717) is 4.31 Å². The molecule has 0 bridgehead atoms. The van der Waals surface area contributed by atoms with Gasteiger partial charge < -0.3 is 10.2 Å². The lowest BCUT2D eigenvalue weighted by atomic mass is 10.1. The third kappa shape index (κ3) is 7.24. The van der Waals surface area contributed by atoms with Crippen molar-refractivity contribution in [2.75, 3.05) is 17.1 Å². The first-order valence-corrected chi connectivity index (χ1v) is 12.1. The van der Waals surface area contributed by atoms with Crippen LogP contribution in [0.5, 0.6) is 0 Å². The van der Waals surface area contributed by atoms with Gasteiger partial charge in [0.2, 0.25) is 21.8 Å². The molecule has 0 saturated heterocycles. The van der Waals surface area contributed by atoms with Crippen LogP contribution >= 0.6 is 0 Å². The molecule has 0 fully saturated rings. The fourth-order valence-corrected chi connectivity index (χ4v) is 3.97. The summed E-state index contributed by atoms with van der Waals surface area (Å²) in [6.07, 6.45) is 0.851. The zero-order valence-electron chi connectivity index (χ0n) is 19.3. The van der Waals surface area contributed by atoms with E-state index in [-0.39, 0.29) is 17.8 Å². The van der Waals surface area contributed by atoms with Crippen molar-refractivity contribution >= 4 is 27.5 Å². The molecule has 0 heterocycles. The fraction of sp³-hybridized carbons (Fsp3) is 0.391. The molecule has 2 rings (SSSR count). The second-order valence-electron chi connectivity index (χ2n) is 8.75. The van der Waals surface area contributed by atoms with Crippen molar-refractivity contribution in [2.45, 2.75) is 45.8 Å². The summed E-state index contributed by atoms with van der Waals surface area (Å²) >= 11 is 0. The standard InChI is InChI=1S/C23H29F2N3O4S/c1-16(22(30)26-23(2,3)4)27(14-17-10-6-7-11-18(17)24)21(29)15-28(33(5,31)32)20-13-9-8-12-19(20)25/h6-13,16H,14-15H2,1-5H3,(H,26,30). The number of rotatable bonds is 8. The van der Waals surface area contributed by atoms with E-state index in [1.807, 2.05) is 0 Å². The van der Waals surface area contributed by atoms with E-state index in [1.165, 1.54) is 43.3 Å². The SMILES string of the molecule is CC(C(=O)NC(C)(C)C)N(Cc1ccccc1F)C(=O)CN(c1ccccc1F)S(C)(=O)=O. The molecule has 0 aliphatic rings. The molecule has 0 aliphatic carbocycles. The van der Waals surface area contributed by atoms with Crippen molar-refractivity contribution in [3.05, 3.63) is 65.7 Å². The average Bonchev–Trinajstić information content (AvgIpc) is 2.69. The third-order valence-electron chi connectivity index (χ3n) is 4.76. The first-order valence-electron chi connectivity index (χ1n) is 10.3. The minimum Gasteiger partial charge on any atom is -0.350 e. The zero-order valence-corrected chi connectivity index (χ0v) is 20.1. The number of carbonyl (C=O) groups is 2. The largest absolute Gasteiger partial charge is 0.350 e. The minimum absolute atomic E-state index is 0.151. The quantitative estimate of drug-likeness (QED) is 0.628. The zero-order chi connectivity index (χ0) is 25.0. The molecule has 7 nitrogen and oxygen atoms in total. The van der Waals surface area contributed by atoms with Gasteiger partial charge in [0.1, 0.15) is 24.2 Å².